The average Bonchev–Trinajstić information content (AvgIpc) is 3.03. The number of methoxy groups -OCH3 is 1. The summed E-state index contributed by atoms with van der Waals surface area (Å²) in [4.78, 5) is 16.3. The highest BCUT2D eigenvalue weighted by Crippen LogP contribution is 2.30. The Labute approximate surface area is 122 Å². The summed E-state index contributed by atoms with van der Waals surface area (Å²) in [5.74, 6) is 0.607. The van der Waals surface area contributed by atoms with Crippen molar-refractivity contribution < 1.29 is 9.53 Å². The Hall–Kier alpha value is -1.59. The highest BCUT2D eigenvalue weighted by molar-refractivity contribution is 9.10. The molecule has 2 aromatic heterocycles. The van der Waals surface area contributed by atoms with E-state index in [1.165, 1.54) is 11.3 Å². The number of benzene rings is 1. The predicted molar refractivity (Wildman–Crippen MR) is 80.3 cm³/mol. The van der Waals surface area contributed by atoms with Gasteiger partial charge in [0.05, 0.1) is 7.11 Å². The Kier molecular flexibility index (Phi) is 3.16. The number of carbonyl (C=O) groups is 1. The first-order chi connectivity index (χ1) is 9.20. The lowest BCUT2D eigenvalue weighted by atomic mass is 10.1. The summed E-state index contributed by atoms with van der Waals surface area (Å²) in [6.45, 7) is 0. The third kappa shape index (κ3) is 2.09. The van der Waals surface area contributed by atoms with Crippen LogP contribution < -0.4 is 4.74 Å². The molecule has 0 saturated heterocycles. The van der Waals surface area contributed by atoms with E-state index in [0.29, 0.717) is 16.2 Å². The van der Waals surface area contributed by atoms with Crippen molar-refractivity contribution in [1.82, 2.24) is 4.98 Å². The third-order valence-corrected chi connectivity index (χ3v) is 4.33. The fourth-order valence-corrected chi connectivity index (χ4v) is 3.20. The van der Waals surface area contributed by atoms with Gasteiger partial charge in [-0.2, -0.15) is 0 Å². The van der Waals surface area contributed by atoms with Crippen molar-refractivity contribution in [2.24, 2.45) is 0 Å². The molecule has 0 bridgehead atoms. The molecule has 19 heavy (non-hydrogen) atoms. The molecule has 5 heteroatoms. The van der Waals surface area contributed by atoms with Crippen molar-refractivity contribution in [2.75, 3.05) is 7.11 Å². The van der Waals surface area contributed by atoms with Crippen LogP contribution in [0.4, 0.5) is 0 Å². The van der Waals surface area contributed by atoms with Crippen LogP contribution in [0.25, 0.3) is 10.9 Å². The SMILES string of the molecule is COc1ccsc1C(=O)c1c[nH]c2ccc(Br)cc12. The van der Waals surface area contributed by atoms with E-state index in [-0.39, 0.29) is 5.78 Å². The van der Waals surface area contributed by atoms with Crippen molar-refractivity contribution >= 4 is 44.0 Å². The highest BCUT2D eigenvalue weighted by atomic mass is 79.9. The maximum Gasteiger partial charge on any atom is 0.208 e. The largest absolute Gasteiger partial charge is 0.495 e. The standard InChI is InChI=1S/C14H10BrNO2S/c1-18-12-4-5-19-14(12)13(17)10-7-16-11-3-2-8(15)6-9(10)11/h2-7,16H,1H3. The lowest BCUT2D eigenvalue weighted by Gasteiger charge is -2.01. The molecule has 0 unspecified atom stereocenters. The number of rotatable bonds is 3. The van der Waals surface area contributed by atoms with Crippen LogP contribution in [0.15, 0.2) is 40.3 Å². The molecule has 1 aromatic carbocycles. The molecule has 0 aliphatic rings. The lowest BCUT2D eigenvalue weighted by Crippen LogP contribution is -1.99. The van der Waals surface area contributed by atoms with E-state index in [4.69, 9.17) is 4.74 Å². The number of fused-ring (bicyclic) bond motifs is 1. The Bertz CT molecular complexity index is 760. The van der Waals surface area contributed by atoms with Crippen molar-refractivity contribution in [3.8, 4) is 5.75 Å². The molecular formula is C14H10BrNO2S. The quantitative estimate of drug-likeness (QED) is 0.727. The molecule has 0 spiro atoms. The third-order valence-electron chi connectivity index (χ3n) is 2.94. The van der Waals surface area contributed by atoms with E-state index in [0.717, 1.165) is 15.4 Å². The summed E-state index contributed by atoms with van der Waals surface area (Å²) in [5, 5.41) is 2.77. The number of hydrogen-bond acceptors (Lipinski definition) is 3. The number of aromatic nitrogens is 1. The summed E-state index contributed by atoms with van der Waals surface area (Å²) < 4.78 is 6.16. The number of nitrogens with one attached hydrogen (secondary N) is 1. The number of aromatic amines is 1. The van der Waals surface area contributed by atoms with Crippen molar-refractivity contribution in [3.63, 3.8) is 0 Å². The first kappa shape index (κ1) is 12.4. The van der Waals surface area contributed by atoms with Gasteiger partial charge in [-0.25, -0.2) is 0 Å². The molecule has 0 saturated carbocycles. The van der Waals surface area contributed by atoms with Crippen LogP contribution in [-0.4, -0.2) is 17.9 Å². The number of halogens is 1. The van der Waals surface area contributed by atoms with Crippen LogP contribution in [0.5, 0.6) is 5.75 Å². The number of thiophene rings is 1. The zero-order chi connectivity index (χ0) is 13.4. The molecule has 3 rings (SSSR count). The van der Waals surface area contributed by atoms with Crippen LogP contribution in [0.1, 0.15) is 15.2 Å². The van der Waals surface area contributed by atoms with Gasteiger partial charge in [-0.3, -0.25) is 4.79 Å². The van der Waals surface area contributed by atoms with Gasteiger partial charge in [0.2, 0.25) is 5.78 Å². The first-order valence-corrected chi connectivity index (χ1v) is 7.31. The van der Waals surface area contributed by atoms with Crippen LogP contribution in [0.2, 0.25) is 0 Å². The predicted octanol–water partition coefficient (Wildman–Crippen LogP) is 4.23. The van der Waals surface area contributed by atoms with Gasteiger partial charge in [-0.15, -0.1) is 11.3 Å². The van der Waals surface area contributed by atoms with Gasteiger partial charge < -0.3 is 9.72 Å². The molecule has 2 heterocycles. The molecular weight excluding hydrogens is 326 g/mol. The van der Waals surface area contributed by atoms with Gasteiger partial charge in [0.15, 0.2) is 0 Å². The Morgan fingerprint density at radius 1 is 1.37 bits per heavy atom. The fourth-order valence-electron chi connectivity index (χ4n) is 2.03. The van der Waals surface area contributed by atoms with Gasteiger partial charge >= 0.3 is 0 Å². The Balaban J connectivity index is 2.14. The maximum atomic E-state index is 12.6. The van der Waals surface area contributed by atoms with Gasteiger partial charge in [0.25, 0.3) is 0 Å². The summed E-state index contributed by atoms with van der Waals surface area (Å²) in [5.41, 5.74) is 1.61. The van der Waals surface area contributed by atoms with Crippen LogP contribution >= 0.6 is 27.3 Å². The summed E-state index contributed by atoms with van der Waals surface area (Å²) in [6, 6.07) is 7.64. The second-order valence-corrected chi connectivity index (χ2v) is 5.87. The first-order valence-electron chi connectivity index (χ1n) is 5.63. The molecule has 0 radical (unpaired) electrons. The zero-order valence-corrected chi connectivity index (χ0v) is 12.5. The van der Waals surface area contributed by atoms with Crippen LogP contribution in [-0.2, 0) is 0 Å². The zero-order valence-electron chi connectivity index (χ0n) is 10.1. The Morgan fingerprint density at radius 3 is 3.00 bits per heavy atom. The van der Waals surface area contributed by atoms with Gasteiger partial charge in [-0.1, -0.05) is 15.9 Å². The summed E-state index contributed by atoms with van der Waals surface area (Å²) in [7, 11) is 1.57. The average molecular weight is 336 g/mol. The van der Waals surface area contributed by atoms with Gasteiger partial charge in [0.1, 0.15) is 10.6 Å². The molecule has 3 nitrogen and oxygen atoms in total. The van der Waals surface area contributed by atoms with Crippen LogP contribution in [0.3, 0.4) is 0 Å². The second-order valence-electron chi connectivity index (χ2n) is 4.04. The lowest BCUT2D eigenvalue weighted by molar-refractivity contribution is 0.104. The van der Waals surface area contributed by atoms with E-state index in [2.05, 4.69) is 20.9 Å². The van der Waals surface area contributed by atoms with Crippen molar-refractivity contribution in [3.05, 3.63) is 50.8 Å². The number of hydrogen-bond donors (Lipinski definition) is 1. The number of ketones is 1. The van der Waals surface area contributed by atoms with Gasteiger partial charge in [-0.05, 0) is 29.6 Å². The highest BCUT2D eigenvalue weighted by Gasteiger charge is 2.19. The molecule has 0 amide bonds. The summed E-state index contributed by atoms with van der Waals surface area (Å²) in [6.07, 6.45) is 1.75. The minimum Gasteiger partial charge on any atom is -0.495 e. The van der Waals surface area contributed by atoms with E-state index in [1.807, 2.05) is 29.6 Å². The van der Waals surface area contributed by atoms with Crippen molar-refractivity contribution in [2.45, 2.75) is 0 Å². The molecule has 0 atom stereocenters. The summed E-state index contributed by atoms with van der Waals surface area (Å²) >= 11 is 4.82. The minimum atomic E-state index is -0.0174. The number of ether oxygens (including phenoxy) is 1. The second kappa shape index (κ2) is 4.83. The van der Waals surface area contributed by atoms with Crippen molar-refractivity contribution in [1.29, 1.82) is 0 Å². The monoisotopic (exact) mass is 335 g/mol. The molecule has 3 aromatic rings. The smallest absolute Gasteiger partial charge is 0.208 e. The maximum absolute atomic E-state index is 12.6. The van der Waals surface area contributed by atoms with E-state index >= 15 is 0 Å². The van der Waals surface area contributed by atoms with E-state index < -0.39 is 0 Å². The molecule has 1 N–H and O–H groups in total. The number of carbonyl (C=O) groups excluding carboxylic acids is 1. The molecule has 96 valence electrons. The Morgan fingerprint density at radius 2 is 2.21 bits per heavy atom. The molecule has 0 aliphatic carbocycles. The number of H-pyrrole nitrogens is 1. The molecule has 0 fully saturated rings. The van der Waals surface area contributed by atoms with E-state index in [9.17, 15) is 4.79 Å². The topological polar surface area (TPSA) is 42.1 Å². The normalized spacial score (nSPS) is 10.8. The fraction of sp³-hybridized carbons (Fsp3) is 0.0714. The molecule has 0 aliphatic heterocycles. The minimum absolute atomic E-state index is 0.0174. The van der Waals surface area contributed by atoms with E-state index in [1.54, 1.807) is 13.3 Å². The van der Waals surface area contributed by atoms with Gasteiger partial charge in [0, 0.05) is 27.1 Å². The van der Waals surface area contributed by atoms with Crippen LogP contribution in [0, 0.1) is 0 Å².